The zero-order valence-electron chi connectivity index (χ0n) is 15.6. The number of hydrogen-bond donors (Lipinski definition) is 0. The molecule has 3 heterocycles. The molecule has 4 aromatic rings. The summed E-state index contributed by atoms with van der Waals surface area (Å²) < 4.78 is 6.18. The smallest absolute Gasteiger partial charge is 0.231 e. The van der Waals surface area contributed by atoms with E-state index in [4.69, 9.17) is 4.98 Å². The predicted molar refractivity (Wildman–Crippen MR) is 110 cm³/mol. The molecule has 4 heteroatoms. The summed E-state index contributed by atoms with van der Waals surface area (Å²) in [6.45, 7) is 11.1. The summed E-state index contributed by atoms with van der Waals surface area (Å²) in [7, 11) is 2.10. The van der Waals surface area contributed by atoms with Gasteiger partial charge < -0.3 is 0 Å². The Morgan fingerprint density at radius 3 is 2.48 bits per heavy atom. The van der Waals surface area contributed by atoms with Crippen molar-refractivity contribution in [3.05, 3.63) is 46.1 Å². The van der Waals surface area contributed by atoms with Gasteiger partial charge in [-0.05, 0) is 54.9 Å². The maximum Gasteiger partial charge on any atom is 0.287 e. The fourth-order valence-corrected chi connectivity index (χ4v) is 6.06. The van der Waals surface area contributed by atoms with Crippen LogP contribution < -0.4 is 4.57 Å². The lowest BCUT2D eigenvalue weighted by Crippen LogP contribution is -2.31. The highest BCUT2D eigenvalue weighted by Gasteiger charge is 2.23. The van der Waals surface area contributed by atoms with Gasteiger partial charge in [-0.3, -0.25) is 0 Å². The third-order valence-corrected chi connectivity index (χ3v) is 7.63. The highest BCUT2D eigenvalue weighted by molar-refractivity contribution is 7.32. The lowest BCUT2D eigenvalue weighted by Gasteiger charge is -2.11. The van der Waals surface area contributed by atoms with E-state index >= 15 is 0 Å². The van der Waals surface area contributed by atoms with Crippen LogP contribution >= 0.6 is 22.7 Å². The molecule has 2 nitrogen and oxygen atoms in total. The van der Waals surface area contributed by atoms with Crippen molar-refractivity contribution in [2.45, 2.75) is 40.5 Å². The molecule has 0 spiro atoms. The van der Waals surface area contributed by atoms with Crippen molar-refractivity contribution in [3.8, 4) is 11.3 Å². The van der Waals surface area contributed by atoms with E-state index in [1.807, 2.05) is 29.0 Å². The molecule has 25 heavy (non-hydrogen) atoms. The number of benzene rings is 1. The second-order valence-electron chi connectivity index (χ2n) is 7.24. The Hall–Kier alpha value is -1.78. The SMILES string of the molecule is Cc1cc(C)c(C)c(-c2c3sc4cc(C(C)C)sc4c3nc[n+]2C)c1. The van der Waals surface area contributed by atoms with Gasteiger partial charge in [-0.25, -0.2) is 4.57 Å². The van der Waals surface area contributed by atoms with E-state index in [0.717, 1.165) is 5.52 Å². The van der Waals surface area contributed by atoms with Crippen molar-refractivity contribution in [3.63, 3.8) is 0 Å². The van der Waals surface area contributed by atoms with Crippen molar-refractivity contribution in [2.75, 3.05) is 0 Å². The summed E-state index contributed by atoms with van der Waals surface area (Å²) in [4.78, 5) is 6.23. The molecule has 0 atom stereocenters. The molecule has 0 saturated heterocycles. The molecule has 0 bridgehead atoms. The van der Waals surface area contributed by atoms with Gasteiger partial charge >= 0.3 is 0 Å². The van der Waals surface area contributed by atoms with E-state index in [9.17, 15) is 0 Å². The van der Waals surface area contributed by atoms with Gasteiger partial charge in [0.2, 0.25) is 5.52 Å². The first-order valence-corrected chi connectivity index (χ1v) is 10.3. The summed E-state index contributed by atoms with van der Waals surface area (Å²) >= 11 is 3.78. The van der Waals surface area contributed by atoms with Crippen LogP contribution in [0.3, 0.4) is 0 Å². The minimum atomic E-state index is 0.570. The highest BCUT2D eigenvalue weighted by Crippen LogP contribution is 2.43. The summed E-state index contributed by atoms with van der Waals surface area (Å²) in [5.74, 6) is 0.570. The Morgan fingerprint density at radius 2 is 1.76 bits per heavy atom. The Balaban J connectivity index is 2.07. The Morgan fingerprint density at radius 1 is 1.00 bits per heavy atom. The fraction of sp³-hybridized carbons (Fsp3) is 0.333. The summed E-state index contributed by atoms with van der Waals surface area (Å²) in [6.07, 6.45) is 1.97. The minimum Gasteiger partial charge on any atom is -0.231 e. The Kier molecular flexibility index (Phi) is 3.93. The maximum absolute atomic E-state index is 4.79. The average molecular weight is 368 g/mol. The van der Waals surface area contributed by atoms with Crippen LogP contribution in [-0.2, 0) is 7.05 Å². The standard InChI is InChI=1S/C21H23N2S2/c1-11(2)16-9-17-20(24-16)18-21(25-17)19(23(6)10-22-18)15-8-12(3)7-13(4)14(15)5/h7-11H,1-6H3/q+1. The first kappa shape index (κ1) is 16.7. The topological polar surface area (TPSA) is 16.8 Å². The number of aryl methyl sites for hydroxylation is 3. The molecule has 0 unspecified atom stereocenters. The van der Waals surface area contributed by atoms with Crippen LogP contribution in [0.2, 0.25) is 0 Å². The molecule has 1 aromatic carbocycles. The third kappa shape index (κ3) is 2.59. The molecule has 0 N–H and O–H groups in total. The fourth-order valence-electron chi connectivity index (χ4n) is 3.42. The molecular formula is C21H23N2S2+. The third-order valence-electron chi connectivity index (χ3n) is 4.92. The molecule has 0 aliphatic carbocycles. The number of aromatic nitrogens is 2. The van der Waals surface area contributed by atoms with Gasteiger partial charge in [0.05, 0.1) is 16.4 Å². The number of rotatable bonds is 2. The molecule has 0 fully saturated rings. The van der Waals surface area contributed by atoms with Gasteiger partial charge in [0.1, 0.15) is 4.70 Å². The van der Waals surface area contributed by atoms with Crippen LogP contribution in [0.15, 0.2) is 24.5 Å². The van der Waals surface area contributed by atoms with Gasteiger partial charge in [0.25, 0.3) is 6.33 Å². The van der Waals surface area contributed by atoms with Crippen LogP contribution in [-0.4, -0.2) is 4.98 Å². The maximum atomic E-state index is 4.79. The zero-order valence-corrected chi connectivity index (χ0v) is 17.2. The van der Waals surface area contributed by atoms with E-state index in [1.54, 1.807) is 0 Å². The molecule has 0 saturated carbocycles. The number of fused-ring (bicyclic) bond motifs is 3. The minimum absolute atomic E-state index is 0.570. The first-order valence-electron chi connectivity index (χ1n) is 8.65. The van der Waals surface area contributed by atoms with Crippen LogP contribution in [0.1, 0.15) is 41.3 Å². The van der Waals surface area contributed by atoms with E-state index in [0.29, 0.717) is 5.92 Å². The van der Waals surface area contributed by atoms with Crippen molar-refractivity contribution >= 4 is 42.3 Å². The van der Waals surface area contributed by atoms with Gasteiger partial charge in [-0.15, -0.1) is 22.7 Å². The monoisotopic (exact) mass is 367 g/mol. The van der Waals surface area contributed by atoms with E-state index in [1.165, 1.54) is 46.9 Å². The molecule has 0 amide bonds. The number of thiophene rings is 2. The van der Waals surface area contributed by atoms with Crippen LogP contribution in [0, 0.1) is 20.8 Å². The van der Waals surface area contributed by atoms with Gasteiger partial charge in [-0.1, -0.05) is 25.5 Å². The van der Waals surface area contributed by atoms with E-state index < -0.39 is 0 Å². The first-order chi connectivity index (χ1) is 11.9. The molecular weight excluding hydrogens is 344 g/mol. The lowest BCUT2D eigenvalue weighted by molar-refractivity contribution is -0.662. The van der Waals surface area contributed by atoms with Crippen molar-refractivity contribution < 1.29 is 4.57 Å². The summed E-state index contributed by atoms with van der Waals surface area (Å²) in [5.41, 5.74) is 7.78. The second kappa shape index (κ2) is 5.89. The van der Waals surface area contributed by atoms with Crippen LogP contribution in [0.5, 0.6) is 0 Å². The molecule has 3 aromatic heterocycles. The molecule has 4 rings (SSSR count). The normalized spacial score (nSPS) is 12.0. The largest absolute Gasteiger partial charge is 0.287 e. The van der Waals surface area contributed by atoms with E-state index in [2.05, 4.69) is 64.4 Å². The number of nitrogens with zero attached hydrogens (tertiary/aromatic N) is 2. The average Bonchev–Trinajstić information content (AvgIpc) is 3.09. The molecule has 128 valence electrons. The van der Waals surface area contributed by atoms with Crippen molar-refractivity contribution in [1.29, 1.82) is 0 Å². The lowest BCUT2D eigenvalue weighted by atomic mass is 9.97. The van der Waals surface area contributed by atoms with Crippen molar-refractivity contribution in [1.82, 2.24) is 4.98 Å². The Bertz CT molecular complexity index is 1120. The quantitative estimate of drug-likeness (QED) is 0.394. The molecule has 0 aliphatic heterocycles. The summed E-state index contributed by atoms with van der Waals surface area (Å²) in [5, 5.41) is 0. The van der Waals surface area contributed by atoms with Gasteiger partial charge in [0.15, 0.2) is 5.69 Å². The predicted octanol–water partition coefficient (Wildman–Crippen LogP) is 6.05. The Labute approximate surface area is 156 Å². The van der Waals surface area contributed by atoms with Crippen LogP contribution in [0.4, 0.5) is 0 Å². The number of hydrogen-bond acceptors (Lipinski definition) is 3. The highest BCUT2D eigenvalue weighted by atomic mass is 32.1. The zero-order chi connectivity index (χ0) is 17.9. The molecule has 0 aliphatic rings. The summed E-state index contributed by atoms with van der Waals surface area (Å²) in [6, 6.07) is 6.93. The van der Waals surface area contributed by atoms with Crippen LogP contribution in [0.25, 0.3) is 30.9 Å². The second-order valence-corrected chi connectivity index (χ2v) is 9.37. The van der Waals surface area contributed by atoms with E-state index in [-0.39, 0.29) is 0 Å². The van der Waals surface area contributed by atoms with Crippen molar-refractivity contribution in [2.24, 2.45) is 7.05 Å². The van der Waals surface area contributed by atoms with Gasteiger partial charge in [-0.2, -0.15) is 0 Å². The molecule has 0 radical (unpaired) electrons. The van der Waals surface area contributed by atoms with Gasteiger partial charge in [0, 0.05) is 10.4 Å².